The third-order valence-electron chi connectivity index (χ3n) is 5.71. The van der Waals surface area contributed by atoms with Crippen molar-refractivity contribution in [1.29, 1.82) is 0 Å². The van der Waals surface area contributed by atoms with Gasteiger partial charge in [-0.15, -0.1) is 0 Å². The maximum Gasteiger partial charge on any atom is 0.336 e. The molecule has 5 heteroatoms. The number of rotatable bonds is 3. The normalized spacial score (nSPS) is 21.6. The fourth-order valence-corrected chi connectivity index (χ4v) is 4.50. The van der Waals surface area contributed by atoms with Crippen molar-refractivity contribution in [3.8, 4) is 0 Å². The molecule has 0 fully saturated rings. The molecule has 2 atom stereocenters. The Balaban J connectivity index is 1.79. The monoisotopic (exact) mass is 407 g/mol. The number of hydrogen-bond acceptors (Lipinski definition) is 4. The second-order valence-corrected chi connectivity index (χ2v) is 7.91. The summed E-state index contributed by atoms with van der Waals surface area (Å²) in [5.41, 5.74) is 4.80. The lowest BCUT2D eigenvalue weighted by Gasteiger charge is -2.36. The van der Waals surface area contributed by atoms with Crippen LogP contribution in [0.4, 0.5) is 0 Å². The molecule has 0 amide bonds. The van der Waals surface area contributed by atoms with Gasteiger partial charge in [0.2, 0.25) is 0 Å². The van der Waals surface area contributed by atoms with E-state index in [-0.39, 0.29) is 11.7 Å². The average molecular weight is 408 g/mol. The lowest BCUT2D eigenvalue weighted by atomic mass is 9.72. The van der Waals surface area contributed by atoms with Gasteiger partial charge in [0.15, 0.2) is 5.78 Å². The molecule has 4 nitrogen and oxygen atoms in total. The summed E-state index contributed by atoms with van der Waals surface area (Å²) in [5, 5.41) is 4.01. The molecule has 1 N–H and O–H groups in total. The topological polar surface area (TPSA) is 55.4 Å². The van der Waals surface area contributed by atoms with Crippen LogP contribution in [0.2, 0.25) is 5.02 Å². The first-order valence-corrected chi connectivity index (χ1v) is 10.00. The first-order valence-electron chi connectivity index (χ1n) is 9.62. The maximum atomic E-state index is 13.3. The molecule has 2 aromatic carbocycles. The lowest BCUT2D eigenvalue weighted by Crippen LogP contribution is -2.36. The Morgan fingerprint density at radius 3 is 2.38 bits per heavy atom. The van der Waals surface area contributed by atoms with E-state index < -0.39 is 11.9 Å². The highest BCUT2D eigenvalue weighted by Gasteiger charge is 2.41. The molecule has 0 radical (unpaired) electrons. The molecular weight excluding hydrogens is 386 g/mol. The van der Waals surface area contributed by atoms with Crippen LogP contribution in [0.25, 0.3) is 0 Å². The first-order chi connectivity index (χ1) is 14.0. The Bertz CT molecular complexity index is 1020. The van der Waals surface area contributed by atoms with Gasteiger partial charge in [0, 0.05) is 34.3 Å². The molecular formula is C24H22ClNO3. The highest BCUT2D eigenvalue weighted by Crippen LogP contribution is 2.45. The van der Waals surface area contributed by atoms with Crippen LogP contribution >= 0.6 is 11.6 Å². The van der Waals surface area contributed by atoms with E-state index in [4.69, 9.17) is 16.3 Å². The smallest absolute Gasteiger partial charge is 0.336 e. The summed E-state index contributed by atoms with van der Waals surface area (Å²) in [6, 6.07) is 17.3. The number of dihydropyridines is 1. The number of carbonyl (C=O) groups excluding carboxylic acids is 2. The Morgan fingerprint density at radius 1 is 1.03 bits per heavy atom. The van der Waals surface area contributed by atoms with Gasteiger partial charge < -0.3 is 10.1 Å². The van der Waals surface area contributed by atoms with Crippen LogP contribution in [0.15, 0.2) is 77.1 Å². The van der Waals surface area contributed by atoms with E-state index in [9.17, 15) is 9.59 Å². The Hall–Kier alpha value is -2.85. The molecule has 1 heterocycles. The van der Waals surface area contributed by atoms with Crippen molar-refractivity contribution in [3.63, 3.8) is 0 Å². The van der Waals surface area contributed by atoms with Gasteiger partial charge in [-0.2, -0.15) is 0 Å². The zero-order valence-corrected chi connectivity index (χ0v) is 17.1. The highest BCUT2D eigenvalue weighted by atomic mass is 35.5. The predicted octanol–water partition coefficient (Wildman–Crippen LogP) is 4.87. The van der Waals surface area contributed by atoms with E-state index in [1.807, 2.05) is 61.5 Å². The van der Waals surface area contributed by atoms with Crippen molar-refractivity contribution in [2.75, 3.05) is 7.11 Å². The molecule has 29 heavy (non-hydrogen) atoms. The number of halogens is 1. The summed E-state index contributed by atoms with van der Waals surface area (Å²) in [7, 11) is 1.37. The van der Waals surface area contributed by atoms with Crippen molar-refractivity contribution < 1.29 is 14.3 Å². The fraction of sp³-hybridized carbons (Fsp3) is 0.250. The second-order valence-electron chi connectivity index (χ2n) is 7.47. The summed E-state index contributed by atoms with van der Waals surface area (Å²) >= 11 is 6.02. The van der Waals surface area contributed by atoms with Gasteiger partial charge in [0.1, 0.15) is 0 Å². The number of nitrogens with one attached hydrogen (secondary N) is 1. The van der Waals surface area contributed by atoms with Crippen LogP contribution in [-0.4, -0.2) is 18.9 Å². The van der Waals surface area contributed by atoms with E-state index in [2.05, 4.69) is 5.32 Å². The molecule has 1 aliphatic heterocycles. The zero-order chi connectivity index (χ0) is 20.5. The molecule has 0 bridgehead atoms. The minimum absolute atomic E-state index is 0.0569. The molecule has 1 aliphatic carbocycles. The molecule has 0 unspecified atom stereocenters. The number of Topliss-reactive ketones (excluding diaryl/α,β-unsaturated/α-hetero) is 1. The van der Waals surface area contributed by atoms with Crippen LogP contribution in [0.1, 0.15) is 42.7 Å². The van der Waals surface area contributed by atoms with Gasteiger partial charge in [-0.1, -0.05) is 54.1 Å². The number of hydrogen-bond donors (Lipinski definition) is 1. The zero-order valence-electron chi connectivity index (χ0n) is 16.4. The van der Waals surface area contributed by atoms with Gasteiger partial charge in [0.05, 0.1) is 12.7 Å². The third-order valence-corrected chi connectivity index (χ3v) is 5.96. The number of methoxy groups -OCH3 is 1. The standard InChI is InChI=1S/C24H22ClNO3/c1-14-21(24(28)29-2)22(16-6-4-3-5-7-16)23-19(26-14)12-17(13-20(23)27)15-8-10-18(25)11-9-15/h3-11,17,22,26H,12-13H2,1-2H3/t17-,22-/m0/s1. The predicted molar refractivity (Wildman–Crippen MR) is 112 cm³/mol. The first kappa shape index (κ1) is 19.5. The minimum Gasteiger partial charge on any atom is -0.466 e. The molecule has 0 spiro atoms. The lowest BCUT2D eigenvalue weighted by molar-refractivity contribution is -0.136. The Morgan fingerprint density at radius 2 is 1.72 bits per heavy atom. The number of allylic oxidation sites excluding steroid dienone is 3. The number of ketones is 1. The molecule has 0 saturated carbocycles. The third kappa shape index (κ3) is 3.60. The molecule has 2 aromatic rings. The largest absolute Gasteiger partial charge is 0.466 e. The van der Waals surface area contributed by atoms with Crippen molar-refractivity contribution in [2.45, 2.75) is 31.6 Å². The molecule has 0 aromatic heterocycles. The van der Waals surface area contributed by atoms with Crippen LogP contribution in [0.3, 0.4) is 0 Å². The summed E-state index contributed by atoms with van der Waals surface area (Å²) in [6.45, 7) is 1.86. The van der Waals surface area contributed by atoms with Gasteiger partial charge in [0.25, 0.3) is 0 Å². The molecule has 4 rings (SSSR count). The SMILES string of the molecule is COC(=O)C1=C(C)NC2=C(C(=O)C[C@@H](c3ccc(Cl)cc3)C2)[C@H]1c1ccccc1. The Labute approximate surface area is 175 Å². The van der Waals surface area contributed by atoms with Crippen LogP contribution in [-0.2, 0) is 14.3 Å². The van der Waals surface area contributed by atoms with Gasteiger partial charge >= 0.3 is 5.97 Å². The molecule has 2 aliphatic rings. The summed E-state index contributed by atoms with van der Waals surface area (Å²) < 4.78 is 5.05. The quantitative estimate of drug-likeness (QED) is 0.737. The van der Waals surface area contributed by atoms with Crippen molar-refractivity contribution in [1.82, 2.24) is 5.32 Å². The molecule has 148 valence electrons. The summed E-state index contributed by atoms with van der Waals surface area (Å²) in [6.07, 6.45) is 1.11. The van der Waals surface area contributed by atoms with E-state index in [1.54, 1.807) is 0 Å². The number of carbonyl (C=O) groups is 2. The number of esters is 1. The average Bonchev–Trinajstić information content (AvgIpc) is 2.73. The maximum absolute atomic E-state index is 13.3. The Kier molecular flexibility index (Phi) is 5.29. The highest BCUT2D eigenvalue weighted by molar-refractivity contribution is 6.30. The van der Waals surface area contributed by atoms with Gasteiger partial charge in [-0.3, -0.25) is 4.79 Å². The summed E-state index contributed by atoms with van der Waals surface area (Å²) in [4.78, 5) is 25.9. The molecule has 0 saturated heterocycles. The fourth-order valence-electron chi connectivity index (χ4n) is 4.37. The van der Waals surface area contributed by atoms with E-state index in [0.29, 0.717) is 29.0 Å². The van der Waals surface area contributed by atoms with Crippen LogP contribution in [0, 0.1) is 0 Å². The van der Waals surface area contributed by atoms with Crippen molar-refractivity contribution in [2.24, 2.45) is 0 Å². The van der Waals surface area contributed by atoms with Crippen molar-refractivity contribution >= 4 is 23.4 Å². The van der Waals surface area contributed by atoms with Gasteiger partial charge in [-0.05, 0) is 42.5 Å². The van der Waals surface area contributed by atoms with Crippen molar-refractivity contribution in [3.05, 3.63) is 93.3 Å². The number of ether oxygens (including phenoxy) is 1. The van der Waals surface area contributed by atoms with Crippen LogP contribution in [0.5, 0.6) is 0 Å². The summed E-state index contributed by atoms with van der Waals surface area (Å²) in [5.74, 6) is -0.696. The van der Waals surface area contributed by atoms with E-state index in [1.165, 1.54) is 7.11 Å². The van der Waals surface area contributed by atoms with Crippen LogP contribution < -0.4 is 5.32 Å². The number of benzene rings is 2. The van der Waals surface area contributed by atoms with E-state index in [0.717, 1.165) is 22.5 Å². The van der Waals surface area contributed by atoms with E-state index >= 15 is 0 Å². The second kappa shape index (κ2) is 7.88. The minimum atomic E-state index is -0.418. The van der Waals surface area contributed by atoms with Gasteiger partial charge in [-0.25, -0.2) is 4.79 Å².